The number of pyridine rings is 1. The molecular weight excluding hydrogens is 258 g/mol. The fourth-order valence-corrected chi connectivity index (χ4v) is 2.50. The average molecular weight is 275 g/mol. The van der Waals surface area contributed by atoms with Crippen LogP contribution in [0.1, 0.15) is 16.3 Å². The number of aromatic nitrogens is 2. The van der Waals surface area contributed by atoms with Crippen molar-refractivity contribution in [1.29, 1.82) is 0 Å². The molecule has 106 valence electrons. The highest BCUT2D eigenvalue weighted by Gasteiger charge is 2.19. The molecule has 0 spiro atoms. The molecule has 3 heterocycles. The number of hydrogen-bond donors (Lipinski definition) is 3. The molecule has 0 atom stereocenters. The molecule has 4 N–H and O–H groups in total. The number of nitrogen functional groups attached to an aromatic ring is 1. The number of piperazine rings is 1. The summed E-state index contributed by atoms with van der Waals surface area (Å²) in [4.78, 5) is 17.8. The van der Waals surface area contributed by atoms with Gasteiger partial charge < -0.3 is 16.2 Å². The molecule has 0 saturated carbocycles. The predicted octanol–water partition coefficient (Wildman–Crippen LogP) is 0.0199. The van der Waals surface area contributed by atoms with E-state index in [9.17, 15) is 9.90 Å². The second kappa shape index (κ2) is 5.10. The van der Waals surface area contributed by atoms with Gasteiger partial charge in [-0.3, -0.25) is 9.30 Å². The molecule has 3 rings (SSSR count). The zero-order valence-electron chi connectivity index (χ0n) is 11.0. The van der Waals surface area contributed by atoms with Crippen molar-refractivity contribution in [2.45, 2.75) is 6.54 Å². The van der Waals surface area contributed by atoms with Crippen molar-refractivity contribution in [1.82, 2.24) is 19.6 Å². The number of nitrogens with zero attached hydrogens (tertiary/aromatic N) is 3. The summed E-state index contributed by atoms with van der Waals surface area (Å²) in [5, 5.41) is 12.5. The van der Waals surface area contributed by atoms with Gasteiger partial charge in [0, 0.05) is 38.1 Å². The van der Waals surface area contributed by atoms with Gasteiger partial charge >= 0.3 is 5.97 Å². The van der Waals surface area contributed by atoms with E-state index in [0.29, 0.717) is 23.6 Å². The molecule has 0 aliphatic carbocycles. The van der Waals surface area contributed by atoms with Crippen molar-refractivity contribution >= 4 is 17.2 Å². The summed E-state index contributed by atoms with van der Waals surface area (Å²) in [6, 6.07) is 3.39. The Kier molecular flexibility index (Phi) is 3.29. The SMILES string of the molecule is Nc1ccc2c(C(=O)O)nc(CN3CCNCC3)n2c1. The molecule has 1 aliphatic heterocycles. The quantitative estimate of drug-likeness (QED) is 0.731. The van der Waals surface area contributed by atoms with Gasteiger partial charge in [-0.05, 0) is 12.1 Å². The normalized spacial score (nSPS) is 16.6. The van der Waals surface area contributed by atoms with E-state index in [1.54, 1.807) is 22.7 Å². The number of hydrogen-bond acceptors (Lipinski definition) is 5. The highest BCUT2D eigenvalue weighted by atomic mass is 16.4. The third-order valence-electron chi connectivity index (χ3n) is 3.51. The maximum atomic E-state index is 11.3. The van der Waals surface area contributed by atoms with E-state index in [1.807, 2.05) is 0 Å². The number of carbonyl (C=O) groups is 1. The number of aromatic carboxylic acids is 1. The second-order valence-corrected chi connectivity index (χ2v) is 4.93. The Bertz CT molecular complexity index is 645. The van der Waals surface area contributed by atoms with Crippen LogP contribution in [0, 0.1) is 0 Å². The number of carboxylic acids is 1. The summed E-state index contributed by atoms with van der Waals surface area (Å²) in [7, 11) is 0. The van der Waals surface area contributed by atoms with E-state index in [4.69, 9.17) is 5.73 Å². The summed E-state index contributed by atoms with van der Waals surface area (Å²) >= 11 is 0. The van der Waals surface area contributed by atoms with Crippen LogP contribution in [0.4, 0.5) is 5.69 Å². The number of fused-ring (bicyclic) bond motifs is 1. The lowest BCUT2D eigenvalue weighted by molar-refractivity contribution is 0.0693. The minimum Gasteiger partial charge on any atom is -0.476 e. The van der Waals surface area contributed by atoms with Crippen LogP contribution < -0.4 is 11.1 Å². The van der Waals surface area contributed by atoms with Crippen molar-refractivity contribution in [3.8, 4) is 0 Å². The summed E-state index contributed by atoms with van der Waals surface area (Å²) in [6.07, 6.45) is 1.73. The largest absolute Gasteiger partial charge is 0.476 e. The second-order valence-electron chi connectivity index (χ2n) is 4.93. The minimum absolute atomic E-state index is 0.0788. The van der Waals surface area contributed by atoms with Crippen molar-refractivity contribution < 1.29 is 9.90 Å². The van der Waals surface area contributed by atoms with E-state index in [0.717, 1.165) is 26.2 Å². The van der Waals surface area contributed by atoms with E-state index in [2.05, 4.69) is 15.2 Å². The van der Waals surface area contributed by atoms with Crippen LogP contribution in [-0.2, 0) is 6.54 Å². The molecule has 7 nitrogen and oxygen atoms in total. The summed E-state index contributed by atoms with van der Waals surface area (Å²) in [5.74, 6) is -0.301. The van der Waals surface area contributed by atoms with E-state index in [1.165, 1.54) is 0 Å². The number of imidazole rings is 1. The lowest BCUT2D eigenvalue weighted by atomic mass is 10.3. The van der Waals surface area contributed by atoms with E-state index in [-0.39, 0.29) is 5.69 Å². The molecule has 1 fully saturated rings. The number of carboxylic acid groups (broad SMARTS) is 1. The smallest absolute Gasteiger partial charge is 0.356 e. The molecule has 2 aromatic heterocycles. The third kappa shape index (κ3) is 2.33. The molecule has 20 heavy (non-hydrogen) atoms. The first-order valence-corrected chi connectivity index (χ1v) is 6.58. The highest BCUT2D eigenvalue weighted by Crippen LogP contribution is 2.17. The van der Waals surface area contributed by atoms with Crippen LogP contribution in [0.5, 0.6) is 0 Å². The lowest BCUT2D eigenvalue weighted by Gasteiger charge is -2.26. The van der Waals surface area contributed by atoms with E-state index < -0.39 is 5.97 Å². The van der Waals surface area contributed by atoms with Crippen molar-refractivity contribution in [2.75, 3.05) is 31.9 Å². The fraction of sp³-hybridized carbons (Fsp3) is 0.385. The monoisotopic (exact) mass is 275 g/mol. The van der Waals surface area contributed by atoms with Crippen LogP contribution in [0.3, 0.4) is 0 Å². The van der Waals surface area contributed by atoms with Gasteiger partial charge in [0.2, 0.25) is 0 Å². The van der Waals surface area contributed by atoms with Gasteiger partial charge in [-0.15, -0.1) is 0 Å². The van der Waals surface area contributed by atoms with Gasteiger partial charge in [0.1, 0.15) is 5.82 Å². The standard InChI is InChI=1S/C13H17N5O2/c14-9-1-2-10-12(13(19)20)16-11(18(10)7-9)8-17-5-3-15-4-6-17/h1-2,7,15H,3-6,8,14H2,(H,19,20). The topological polar surface area (TPSA) is 95.9 Å². The maximum Gasteiger partial charge on any atom is 0.356 e. The Labute approximate surface area is 116 Å². The Morgan fingerprint density at radius 2 is 2.15 bits per heavy atom. The Balaban J connectivity index is 2.00. The number of nitrogens with one attached hydrogen (secondary N) is 1. The van der Waals surface area contributed by atoms with Crippen LogP contribution >= 0.6 is 0 Å². The Morgan fingerprint density at radius 1 is 1.40 bits per heavy atom. The molecule has 1 aliphatic rings. The number of rotatable bonds is 3. The zero-order valence-corrected chi connectivity index (χ0v) is 11.0. The van der Waals surface area contributed by atoms with Gasteiger partial charge in [0.15, 0.2) is 5.69 Å². The van der Waals surface area contributed by atoms with Crippen LogP contribution in [0.25, 0.3) is 5.52 Å². The fourth-order valence-electron chi connectivity index (χ4n) is 2.50. The molecule has 0 radical (unpaired) electrons. The van der Waals surface area contributed by atoms with Gasteiger partial charge in [0.05, 0.1) is 12.1 Å². The molecule has 0 amide bonds. The number of nitrogens with two attached hydrogens (primary N) is 1. The third-order valence-corrected chi connectivity index (χ3v) is 3.51. The lowest BCUT2D eigenvalue weighted by Crippen LogP contribution is -2.43. The zero-order chi connectivity index (χ0) is 14.1. The molecule has 0 bridgehead atoms. The van der Waals surface area contributed by atoms with Gasteiger partial charge in [0.25, 0.3) is 0 Å². The van der Waals surface area contributed by atoms with Gasteiger partial charge in [-0.25, -0.2) is 9.78 Å². The molecule has 1 saturated heterocycles. The summed E-state index contributed by atoms with van der Waals surface area (Å²) in [6.45, 7) is 4.37. The molecule has 2 aromatic rings. The van der Waals surface area contributed by atoms with Crippen LogP contribution in [-0.4, -0.2) is 51.5 Å². The average Bonchev–Trinajstić information content (AvgIpc) is 2.78. The maximum absolute atomic E-state index is 11.3. The molecule has 0 aromatic carbocycles. The highest BCUT2D eigenvalue weighted by molar-refractivity contribution is 5.93. The molecule has 0 unspecified atom stereocenters. The first-order valence-electron chi connectivity index (χ1n) is 6.58. The van der Waals surface area contributed by atoms with Gasteiger partial charge in [-0.1, -0.05) is 0 Å². The Morgan fingerprint density at radius 3 is 2.85 bits per heavy atom. The van der Waals surface area contributed by atoms with Gasteiger partial charge in [-0.2, -0.15) is 0 Å². The first kappa shape index (κ1) is 12.9. The molecule has 7 heteroatoms. The summed E-state index contributed by atoms with van der Waals surface area (Å²) in [5.41, 5.74) is 7.04. The summed E-state index contributed by atoms with van der Waals surface area (Å²) < 4.78 is 1.78. The van der Waals surface area contributed by atoms with Crippen molar-refractivity contribution in [2.24, 2.45) is 0 Å². The predicted molar refractivity (Wildman–Crippen MR) is 74.7 cm³/mol. The molecular formula is C13H17N5O2. The van der Waals surface area contributed by atoms with Crippen LogP contribution in [0.15, 0.2) is 18.3 Å². The first-order chi connectivity index (χ1) is 9.65. The minimum atomic E-state index is -1.01. The number of anilines is 1. The van der Waals surface area contributed by atoms with Crippen LogP contribution in [0.2, 0.25) is 0 Å². The van der Waals surface area contributed by atoms with E-state index >= 15 is 0 Å². The van der Waals surface area contributed by atoms with Crippen molar-refractivity contribution in [3.63, 3.8) is 0 Å². The van der Waals surface area contributed by atoms with Crippen molar-refractivity contribution in [3.05, 3.63) is 29.8 Å². The Hall–Kier alpha value is -2.12.